The molecule has 0 heterocycles. The Bertz CT molecular complexity index is 486. The van der Waals surface area contributed by atoms with Gasteiger partial charge in [0.1, 0.15) is 5.82 Å². The molecule has 0 aromatic heterocycles. The van der Waals surface area contributed by atoms with E-state index in [2.05, 4.69) is 5.32 Å². The Morgan fingerprint density at radius 2 is 1.95 bits per heavy atom. The average molecular weight is 267 g/mol. The first kappa shape index (κ1) is 15.1. The number of rotatable bonds is 5. The highest BCUT2D eigenvalue weighted by Crippen LogP contribution is 2.12. The second kappa shape index (κ2) is 6.31. The van der Waals surface area contributed by atoms with Crippen LogP contribution in [0, 0.1) is 17.7 Å². The van der Waals surface area contributed by atoms with Gasteiger partial charge in [0.2, 0.25) is 0 Å². The maximum atomic E-state index is 13.6. The largest absolute Gasteiger partial charge is 0.478 e. The number of aromatic carboxylic acids is 1. The van der Waals surface area contributed by atoms with Crippen molar-refractivity contribution in [2.45, 2.75) is 20.8 Å². The Morgan fingerprint density at radius 3 is 2.42 bits per heavy atom. The summed E-state index contributed by atoms with van der Waals surface area (Å²) in [5.74, 6) is -1.87. The molecule has 1 unspecified atom stereocenters. The third kappa shape index (κ3) is 4.05. The van der Waals surface area contributed by atoms with E-state index in [1.807, 2.05) is 20.8 Å². The summed E-state index contributed by atoms with van der Waals surface area (Å²) in [5, 5.41) is 11.4. The summed E-state index contributed by atoms with van der Waals surface area (Å²) in [5.41, 5.74) is -0.314. The lowest BCUT2D eigenvalue weighted by atomic mass is 9.98. The number of carbonyl (C=O) groups is 2. The molecule has 0 aliphatic heterocycles. The van der Waals surface area contributed by atoms with E-state index in [0.29, 0.717) is 12.5 Å². The van der Waals surface area contributed by atoms with Crippen molar-refractivity contribution in [1.82, 2.24) is 5.32 Å². The van der Waals surface area contributed by atoms with Crippen molar-refractivity contribution in [3.05, 3.63) is 35.1 Å². The van der Waals surface area contributed by atoms with Crippen molar-refractivity contribution in [2.75, 3.05) is 6.54 Å². The fraction of sp³-hybridized carbons (Fsp3) is 0.429. The van der Waals surface area contributed by atoms with Crippen LogP contribution in [0.2, 0.25) is 0 Å². The monoisotopic (exact) mass is 267 g/mol. The second-order valence-corrected chi connectivity index (χ2v) is 4.93. The molecule has 5 heteroatoms. The van der Waals surface area contributed by atoms with E-state index in [1.165, 1.54) is 12.1 Å². The van der Waals surface area contributed by atoms with Crippen LogP contribution in [0.25, 0.3) is 0 Å². The first-order valence-corrected chi connectivity index (χ1v) is 6.14. The normalized spacial score (nSPS) is 12.3. The molecule has 0 aliphatic carbocycles. The number of carboxylic acids is 1. The van der Waals surface area contributed by atoms with Gasteiger partial charge in [-0.05, 0) is 30.0 Å². The minimum absolute atomic E-state index is 0.138. The standard InChI is InChI=1S/C14H18FNO3/c1-8(2)9(3)7-16-13(17)11-5-4-10(14(18)19)6-12(11)15/h4-6,8-9H,7H2,1-3H3,(H,16,17)(H,18,19). The molecule has 104 valence electrons. The Kier molecular flexibility index (Phi) is 5.03. The van der Waals surface area contributed by atoms with Crippen LogP contribution in [0.5, 0.6) is 0 Å². The Balaban J connectivity index is 2.75. The molecule has 0 fully saturated rings. The third-order valence-electron chi connectivity index (χ3n) is 3.18. The van der Waals surface area contributed by atoms with E-state index in [0.717, 1.165) is 6.07 Å². The summed E-state index contributed by atoms with van der Waals surface area (Å²) in [7, 11) is 0. The highest BCUT2D eigenvalue weighted by molar-refractivity contribution is 5.96. The molecule has 0 radical (unpaired) electrons. The zero-order valence-corrected chi connectivity index (χ0v) is 11.2. The first-order chi connectivity index (χ1) is 8.82. The predicted octanol–water partition coefficient (Wildman–Crippen LogP) is 2.55. The molecule has 1 atom stereocenters. The second-order valence-electron chi connectivity index (χ2n) is 4.93. The maximum Gasteiger partial charge on any atom is 0.335 e. The fourth-order valence-corrected chi connectivity index (χ4v) is 1.42. The molecule has 1 aromatic rings. The van der Waals surface area contributed by atoms with Crippen molar-refractivity contribution in [1.29, 1.82) is 0 Å². The van der Waals surface area contributed by atoms with Crippen LogP contribution in [0.4, 0.5) is 4.39 Å². The lowest BCUT2D eigenvalue weighted by Gasteiger charge is -2.16. The number of hydrogen-bond acceptors (Lipinski definition) is 2. The van der Waals surface area contributed by atoms with Gasteiger partial charge in [0.15, 0.2) is 0 Å². The molecular formula is C14H18FNO3. The van der Waals surface area contributed by atoms with E-state index < -0.39 is 17.7 Å². The molecule has 2 N–H and O–H groups in total. The van der Waals surface area contributed by atoms with Crippen molar-refractivity contribution < 1.29 is 19.1 Å². The number of carbonyl (C=O) groups excluding carboxylic acids is 1. The van der Waals surface area contributed by atoms with Gasteiger partial charge in [-0.2, -0.15) is 0 Å². The summed E-state index contributed by atoms with van der Waals surface area (Å²) in [6, 6.07) is 3.25. The smallest absolute Gasteiger partial charge is 0.335 e. The van der Waals surface area contributed by atoms with Gasteiger partial charge >= 0.3 is 5.97 Å². The molecule has 0 bridgehead atoms. The van der Waals surface area contributed by atoms with Gasteiger partial charge < -0.3 is 10.4 Å². The van der Waals surface area contributed by atoms with Crippen molar-refractivity contribution in [3.8, 4) is 0 Å². The summed E-state index contributed by atoms with van der Waals surface area (Å²) in [6.45, 7) is 6.53. The van der Waals surface area contributed by atoms with Crippen LogP contribution in [0.1, 0.15) is 41.5 Å². The van der Waals surface area contributed by atoms with Gasteiger partial charge in [-0.25, -0.2) is 9.18 Å². The number of benzene rings is 1. The quantitative estimate of drug-likeness (QED) is 0.861. The number of halogens is 1. The minimum atomic E-state index is -1.22. The minimum Gasteiger partial charge on any atom is -0.478 e. The molecule has 19 heavy (non-hydrogen) atoms. The molecule has 0 aliphatic rings. The van der Waals surface area contributed by atoms with Crippen molar-refractivity contribution in [3.63, 3.8) is 0 Å². The van der Waals surface area contributed by atoms with Crippen LogP contribution < -0.4 is 5.32 Å². The topological polar surface area (TPSA) is 66.4 Å². The Hall–Kier alpha value is -1.91. The summed E-state index contributed by atoms with van der Waals surface area (Å²) < 4.78 is 13.6. The van der Waals surface area contributed by atoms with Crippen molar-refractivity contribution in [2.24, 2.45) is 11.8 Å². The average Bonchev–Trinajstić information content (AvgIpc) is 2.34. The van der Waals surface area contributed by atoms with E-state index >= 15 is 0 Å². The van der Waals surface area contributed by atoms with Gasteiger partial charge in [0.05, 0.1) is 11.1 Å². The zero-order valence-electron chi connectivity index (χ0n) is 11.2. The fourth-order valence-electron chi connectivity index (χ4n) is 1.42. The molecule has 1 amide bonds. The third-order valence-corrected chi connectivity index (χ3v) is 3.18. The van der Waals surface area contributed by atoms with Crippen LogP contribution in [-0.2, 0) is 0 Å². The lowest BCUT2D eigenvalue weighted by Crippen LogP contribution is -2.30. The number of nitrogens with one attached hydrogen (secondary N) is 1. The molecule has 0 saturated heterocycles. The van der Waals surface area contributed by atoms with E-state index in [9.17, 15) is 14.0 Å². The highest BCUT2D eigenvalue weighted by atomic mass is 19.1. The molecule has 0 spiro atoms. The number of carboxylic acid groups (broad SMARTS) is 1. The molecule has 1 rings (SSSR count). The van der Waals surface area contributed by atoms with Gasteiger partial charge in [0.25, 0.3) is 5.91 Å². The van der Waals surface area contributed by atoms with Crippen LogP contribution in [0.3, 0.4) is 0 Å². The number of amides is 1. The van der Waals surface area contributed by atoms with Crippen LogP contribution in [-0.4, -0.2) is 23.5 Å². The van der Waals surface area contributed by atoms with Crippen molar-refractivity contribution >= 4 is 11.9 Å². The van der Waals surface area contributed by atoms with Crippen LogP contribution in [0.15, 0.2) is 18.2 Å². The Morgan fingerprint density at radius 1 is 1.32 bits per heavy atom. The lowest BCUT2D eigenvalue weighted by molar-refractivity contribution is 0.0695. The van der Waals surface area contributed by atoms with Gasteiger partial charge in [-0.1, -0.05) is 20.8 Å². The summed E-state index contributed by atoms with van der Waals surface area (Å²) >= 11 is 0. The van der Waals surface area contributed by atoms with E-state index in [-0.39, 0.29) is 17.0 Å². The van der Waals surface area contributed by atoms with E-state index in [1.54, 1.807) is 0 Å². The summed E-state index contributed by atoms with van der Waals surface area (Å²) in [4.78, 5) is 22.4. The first-order valence-electron chi connectivity index (χ1n) is 6.14. The van der Waals surface area contributed by atoms with E-state index in [4.69, 9.17) is 5.11 Å². The maximum absolute atomic E-state index is 13.6. The molecule has 0 saturated carbocycles. The van der Waals surface area contributed by atoms with Crippen LogP contribution >= 0.6 is 0 Å². The predicted molar refractivity (Wildman–Crippen MR) is 69.7 cm³/mol. The number of hydrogen-bond donors (Lipinski definition) is 2. The molecular weight excluding hydrogens is 249 g/mol. The Labute approximate surface area is 111 Å². The van der Waals surface area contributed by atoms with Gasteiger partial charge in [-0.3, -0.25) is 4.79 Å². The van der Waals surface area contributed by atoms with Gasteiger partial charge in [0, 0.05) is 6.54 Å². The SMILES string of the molecule is CC(C)C(C)CNC(=O)c1ccc(C(=O)O)cc1F. The molecule has 4 nitrogen and oxygen atoms in total. The summed E-state index contributed by atoms with van der Waals surface area (Å²) in [6.07, 6.45) is 0. The zero-order chi connectivity index (χ0) is 14.6. The molecule has 1 aromatic carbocycles. The van der Waals surface area contributed by atoms with Gasteiger partial charge in [-0.15, -0.1) is 0 Å². The highest BCUT2D eigenvalue weighted by Gasteiger charge is 2.15.